The molecule has 126 valence electrons. The third kappa shape index (κ3) is 3.95. The van der Waals surface area contributed by atoms with Crippen molar-refractivity contribution in [2.24, 2.45) is 0 Å². The molecule has 3 aromatic carbocycles. The van der Waals surface area contributed by atoms with Crippen LogP contribution in [0.25, 0.3) is 10.8 Å². The van der Waals surface area contributed by atoms with Gasteiger partial charge in [0, 0.05) is 10.9 Å². The molecule has 1 nitrogen and oxygen atoms in total. The van der Waals surface area contributed by atoms with E-state index in [0.717, 1.165) is 17.4 Å². The highest BCUT2D eigenvalue weighted by atomic mass is 19.3. The number of halogens is 3. The SMILES string of the molecule is CCc1ccc2c(F)c(C#Cc3ccc(OC(F)F)cc3)ccc2c1. The van der Waals surface area contributed by atoms with Crippen LogP contribution in [-0.2, 0) is 6.42 Å². The largest absolute Gasteiger partial charge is 0.435 e. The molecule has 4 heteroatoms. The third-order valence-corrected chi connectivity index (χ3v) is 3.85. The molecule has 0 aliphatic carbocycles. The Labute approximate surface area is 144 Å². The first kappa shape index (κ1) is 16.9. The lowest BCUT2D eigenvalue weighted by molar-refractivity contribution is -0.0498. The van der Waals surface area contributed by atoms with Gasteiger partial charge in [0.2, 0.25) is 0 Å². The molecule has 0 heterocycles. The number of ether oxygens (including phenoxy) is 1. The maximum Gasteiger partial charge on any atom is 0.387 e. The van der Waals surface area contributed by atoms with Crippen molar-refractivity contribution >= 4 is 10.8 Å². The van der Waals surface area contributed by atoms with Gasteiger partial charge in [0.1, 0.15) is 11.6 Å². The quantitative estimate of drug-likeness (QED) is 0.569. The number of benzene rings is 3. The van der Waals surface area contributed by atoms with E-state index in [4.69, 9.17) is 0 Å². The summed E-state index contributed by atoms with van der Waals surface area (Å²) < 4.78 is 43.1. The molecule has 0 radical (unpaired) electrons. The summed E-state index contributed by atoms with van der Waals surface area (Å²) in [7, 11) is 0. The molecule has 0 aliphatic rings. The summed E-state index contributed by atoms with van der Waals surface area (Å²) in [4.78, 5) is 0. The van der Waals surface area contributed by atoms with Crippen LogP contribution in [0.5, 0.6) is 5.75 Å². The second-order valence-electron chi connectivity index (χ2n) is 5.49. The van der Waals surface area contributed by atoms with E-state index in [2.05, 4.69) is 23.5 Å². The van der Waals surface area contributed by atoms with E-state index >= 15 is 0 Å². The third-order valence-electron chi connectivity index (χ3n) is 3.85. The summed E-state index contributed by atoms with van der Waals surface area (Å²) >= 11 is 0. The molecule has 0 unspecified atom stereocenters. The smallest absolute Gasteiger partial charge is 0.387 e. The van der Waals surface area contributed by atoms with Gasteiger partial charge in [0.05, 0.1) is 5.56 Å². The maximum atomic E-state index is 14.6. The van der Waals surface area contributed by atoms with Crippen molar-refractivity contribution in [3.05, 3.63) is 77.1 Å². The number of fused-ring (bicyclic) bond motifs is 1. The lowest BCUT2D eigenvalue weighted by Crippen LogP contribution is -2.01. The van der Waals surface area contributed by atoms with Gasteiger partial charge in [-0.05, 0) is 47.7 Å². The molecule has 25 heavy (non-hydrogen) atoms. The lowest BCUT2D eigenvalue weighted by atomic mass is 10.0. The van der Waals surface area contributed by atoms with Crippen LogP contribution in [0.15, 0.2) is 54.6 Å². The van der Waals surface area contributed by atoms with Crippen molar-refractivity contribution < 1.29 is 17.9 Å². The first-order valence-corrected chi connectivity index (χ1v) is 7.85. The van der Waals surface area contributed by atoms with Gasteiger partial charge in [0.15, 0.2) is 0 Å². The number of rotatable bonds is 3. The summed E-state index contributed by atoms with van der Waals surface area (Å²) in [6.07, 6.45) is 0.893. The van der Waals surface area contributed by atoms with E-state index in [9.17, 15) is 13.2 Å². The summed E-state index contributed by atoms with van der Waals surface area (Å²) in [6.45, 7) is -0.813. The van der Waals surface area contributed by atoms with Crippen LogP contribution in [0.4, 0.5) is 13.2 Å². The maximum absolute atomic E-state index is 14.6. The van der Waals surface area contributed by atoms with Crippen molar-refractivity contribution in [3.63, 3.8) is 0 Å². The minimum Gasteiger partial charge on any atom is -0.435 e. The molecule has 0 amide bonds. The number of aryl methyl sites for hydroxylation is 1. The average molecular weight is 340 g/mol. The van der Waals surface area contributed by atoms with Gasteiger partial charge < -0.3 is 4.74 Å². The standard InChI is InChI=1S/C21H15F3O/c1-2-14-6-12-19-17(13-14)9-8-16(20(19)22)7-3-15-4-10-18(11-5-15)25-21(23)24/h4-6,8-13,21H,2H2,1H3. The fraction of sp³-hybridized carbons (Fsp3) is 0.143. The Morgan fingerprint density at radius 1 is 0.960 bits per heavy atom. The van der Waals surface area contributed by atoms with Gasteiger partial charge >= 0.3 is 6.61 Å². The minimum atomic E-state index is -2.86. The first-order valence-electron chi connectivity index (χ1n) is 7.85. The predicted molar refractivity (Wildman–Crippen MR) is 92.3 cm³/mol. The zero-order valence-corrected chi connectivity index (χ0v) is 13.5. The fourth-order valence-corrected chi connectivity index (χ4v) is 2.52. The van der Waals surface area contributed by atoms with E-state index in [1.807, 2.05) is 18.2 Å². The Bertz CT molecular complexity index is 951. The van der Waals surface area contributed by atoms with Crippen LogP contribution in [-0.4, -0.2) is 6.61 Å². The second-order valence-corrected chi connectivity index (χ2v) is 5.49. The summed E-state index contributed by atoms with van der Waals surface area (Å²) in [5.41, 5.74) is 2.03. The molecule has 0 fully saturated rings. The van der Waals surface area contributed by atoms with Crippen LogP contribution >= 0.6 is 0 Å². The van der Waals surface area contributed by atoms with E-state index in [1.165, 1.54) is 12.1 Å². The Kier molecular flexibility index (Phi) is 4.95. The average Bonchev–Trinajstić information content (AvgIpc) is 2.61. The van der Waals surface area contributed by atoms with E-state index in [1.54, 1.807) is 24.3 Å². The summed E-state index contributed by atoms with van der Waals surface area (Å²) in [5, 5.41) is 1.38. The Hall–Kier alpha value is -2.93. The molecule has 0 saturated carbocycles. The minimum absolute atomic E-state index is 0.0594. The molecule has 0 aliphatic heterocycles. The molecular formula is C21H15F3O. The van der Waals surface area contributed by atoms with Crippen LogP contribution in [0.1, 0.15) is 23.6 Å². The Morgan fingerprint density at radius 2 is 1.72 bits per heavy atom. The van der Waals surface area contributed by atoms with E-state index in [0.29, 0.717) is 16.5 Å². The summed E-state index contributed by atoms with van der Waals surface area (Å²) in [6, 6.07) is 15.1. The van der Waals surface area contributed by atoms with Crippen LogP contribution in [0.3, 0.4) is 0 Å². The van der Waals surface area contributed by atoms with Crippen molar-refractivity contribution in [1.82, 2.24) is 0 Å². The number of hydrogen-bond acceptors (Lipinski definition) is 1. The normalized spacial score (nSPS) is 10.6. The highest BCUT2D eigenvalue weighted by Crippen LogP contribution is 2.22. The summed E-state index contributed by atoms with van der Waals surface area (Å²) in [5.74, 6) is 5.34. The van der Waals surface area contributed by atoms with Crippen molar-refractivity contribution in [3.8, 4) is 17.6 Å². The van der Waals surface area contributed by atoms with E-state index in [-0.39, 0.29) is 11.6 Å². The molecule has 0 atom stereocenters. The molecule has 0 spiro atoms. The zero-order valence-electron chi connectivity index (χ0n) is 13.5. The van der Waals surface area contributed by atoms with Crippen LogP contribution in [0, 0.1) is 17.7 Å². The lowest BCUT2D eigenvalue weighted by Gasteiger charge is -2.04. The Balaban J connectivity index is 1.88. The Morgan fingerprint density at radius 3 is 2.40 bits per heavy atom. The monoisotopic (exact) mass is 340 g/mol. The predicted octanol–water partition coefficient (Wildman–Crippen LogP) is 5.54. The van der Waals surface area contributed by atoms with Crippen molar-refractivity contribution in [2.75, 3.05) is 0 Å². The van der Waals surface area contributed by atoms with Gasteiger partial charge in [-0.25, -0.2) is 4.39 Å². The highest BCUT2D eigenvalue weighted by Gasteiger charge is 2.06. The second kappa shape index (κ2) is 7.31. The molecule has 0 bridgehead atoms. The molecule has 0 N–H and O–H groups in total. The number of alkyl halides is 2. The van der Waals surface area contributed by atoms with Gasteiger partial charge in [-0.1, -0.05) is 43.0 Å². The van der Waals surface area contributed by atoms with Crippen LogP contribution in [0.2, 0.25) is 0 Å². The van der Waals surface area contributed by atoms with Crippen LogP contribution < -0.4 is 4.74 Å². The number of hydrogen-bond donors (Lipinski definition) is 0. The van der Waals surface area contributed by atoms with Gasteiger partial charge in [-0.15, -0.1) is 0 Å². The van der Waals surface area contributed by atoms with Gasteiger partial charge in [-0.2, -0.15) is 8.78 Å². The molecule has 3 rings (SSSR count). The zero-order chi connectivity index (χ0) is 17.8. The first-order chi connectivity index (χ1) is 12.1. The molecule has 0 saturated heterocycles. The van der Waals surface area contributed by atoms with Gasteiger partial charge in [-0.3, -0.25) is 0 Å². The molecule has 0 aromatic heterocycles. The highest BCUT2D eigenvalue weighted by molar-refractivity contribution is 5.85. The molecular weight excluding hydrogens is 325 g/mol. The fourth-order valence-electron chi connectivity index (χ4n) is 2.52. The van der Waals surface area contributed by atoms with Gasteiger partial charge in [0.25, 0.3) is 0 Å². The van der Waals surface area contributed by atoms with Crippen molar-refractivity contribution in [1.29, 1.82) is 0 Å². The van der Waals surface area contributed by atoms with Crippen molar-refractivity contribution in [2.45, 2.75) is 20.0 Å². The molecule has 3 aromatic rings. The topological polar surface area (TPSA) is 9.23 Å². The van der Waals surface area contributed by atoms with E-state index < -0.39 is 6.61 Å².